The average Bonchev–Trinajstić information content (AvgIpc) is 3.06. The maximum atomic E-state index is 12.2. The lowest BCUT2D eigenvalue weighted by molar-refractivity contribution is -0.117. The van der Waals surface area contributed by atoms with Crippen LogP contribution in [-0.2, 0) is 9.53 Å². The topological polar surface area (TPSA) is 44.8 Å². The Morgan fingerprint density at radius 3 is 2.71 bits per heavy atom. The van der Waals surface area contributed by atoms with Crippen molar-refractivity contribution in [3.63, 3.8) is 0 Å². The predicted octanol–water partition coefficient (Wildman–Crippen LogP) is 2.38. The molecule has 24 heavy (non-hydrogen) atoms. The number of nitrogens with zero attached hydrogens (tertiary/aromatic N) is 2. The molecule has 0 unspecified atom stereocenters. The van der Waals surface area contributed by atoms with Crippen molar-refractivity contribution in [1.29, 1.82) is 0 Å². The third kappa shape index (κ3) is 4.93. The summed E-state index contributed by atoms with van der Waals surface area (Å²) < 4.78 is 5.70. The monoisotopic (exact) mass is 351 g/mol. The maximum Gasteiger partial charge on any atom is 0.238 e. The standard InChI is InChI=1S/C18H26ClN3O2/c1-14-11-15(4-5-17(14)19)20-18(23)13-22-8-6-21(7-9-22)12-16-3-2-10-24-16/h4-5,11,16H,2-3,6-10,12-13H2,1H3,(H,20,23)/t16-/m1/s1. The zero-order valence-electron chi connectivity index (χ0n) is 14.3. The molecule has 0 saturated carbocycles. The van der Waals surface area contributed by atoms with E-state index in [1.807, 2.05) is 25.1 Å². The molecule has 0 radical (unpaired) electrons. The molecule has 3 rings (SSSR count). The number of piperazine rings is 1. The van der Waals surface area contributed by atoms with Crippen LogP contribution in [-0.4, -0.2) is 67.7 Å². The number of aryl methyl sites for hydroxylation is 1. The fraction of sp³-hybridized carbons (Fsp3) is 0.611. The molecule has 0 aromatic heterocycles. The van der Waals surface area contributed by atoms with Crippen LogP contribution in [0.25, 0.3) is 0 Å². The molecular weight excluding hydrogens is 326 g/mol. The summed E-state index contributed by atoms with van der Waals surface area (Å²) in [5.41, 5.74) is 1.77. The van der Waals surface area contributed by atoms with Crippen molar-refractivity contribution in [3.8, 4) is 0 Å². The Kier molecular flexibility index (Phi) is 6.11. The first kappa shape index (κ1) is 17.7. The second-order valence-corrected chi connectivity index (χ2v) is 7.13. The first-order valence-electron chi connectivity index (χ1n) is 8.72. The number of hydrogen-bond acceptors (Lipinski definition) is 4. The van der Waals surface area contributed by atoms with Gasteiger partial charge in [0.15, 0.2) is 0 Å². The molecule has 1 N–H and O–H groups in total. The molecule has 2 aliphatic rings. The molecule has 2 fully saturated rings. The van der Waals surface area contributed by atoms with E-state index in [0.717, 1.165) is 55.6 Å². The number of rotatable bonds is 5. The molecule has 0 bridgehead atoms. The molecule has 0 aliphatic carbocycles. The highest BCUT2D eigenvalue weighted by Crippen LogP contribution is 2.19. The van der Waals surface area contributed by atoms with E-state index in [-0.39, 0.29) is 5.91 Å². The Morgan fingerprint density at radius 2 is 2.04 bits per heavy atom. The highest BCUT2D eigenvalue weighted by atomic mass is 35.5. The largest absolute Gasteiger partial charge is 0.377 e. The molecule has 132 valence electrons. The van der Waals surface area contributed by atoms with Crippen molar-refractivity contribution in [2.24, 2.45) is 0 Å². The van der Waals surface area contributed by atoms with Crippen LogP contribution in [0.3, 0.4) is 0 Å². The van der Waals surface area contributed by atoms with Gasteiger partial charge in [0.2, 0.25) is 5.91 Å². The number of anilines is 1. The number of amides is 1. The molecule has 1 amide bonds. The summed E-state index contributed by atoms with van der Waals surface area (Å²) in [5, 5.41) is 3.67. The van der Waals surface area contributed by atoms with Gasteiger partial charge in [-0.1, -0.05) is 11.6 Å². The third-order valence-electron chi connectivity index (χ3n) is 4.76. The lowest BCUT2D eigenvalue weighted by atomic mass is 10.2. The minimum atomic E-state index is 0.0318. The smallest absolute Gasteiger partial charge is 0.238 e. The summed E-state index contributed by atoms with van der Waals surface area (Å²) in [4.78, 5) is 16.9. The molecule has 0 spiro atoms. The van der Waals surface area contributed by atoms with Gasteiger partial charge in [-0.25, -0.2) is 0 Å². The van der Waals surface area contributed by atoms with E-state index >= 15 is 0 Å². The van der Waals surface area contributed by atoms with Gasteiger partial charge in [-0.05, 0) is 43.5 Å². The van der Waals surface area contributed by atoms with E-state index in [4.69, 9.17) is 16.3 Å². The molecule has 6 heteroatoms. The molecular formula is C18H26ClN3O2. The van der Waals surface area contributed by atoms with Crippen LogP contribution in [0.2, 0.25) is 5.02 Å². The Morgan fingerprint density at radius 1 is 1.29 bits per heavy atom. The number of benzene rings is 1. The van der Waals surface area contributed by atoms with Gasteiger partial charge in [-0.15, -0.1) is 0 Å². The van der Waals surface area contributed by atoms with Crippen molar-refractivity contribution in [2.45, 2.75) is 25.9 Å². The van der Waals surface area contributed by atoms with Crippen LogP contribution in [0.1, 0.15) is 18.4 Å². The van der Waals surface area contributed by atoms with Crippen LogP contribution in [0.4, 0.5) is 5.69 Å². The van der Waals surface area contributed by atoms with Gasteiger partial charge in [0.05, 0.1) is 12.6 Å². The summed E-state index contributed by atoms with van der Waals surface area (Å²) in [7, 11) is 0. The van der Waals surface area contributed by atoms with Crippen molar-refractivity contribution >= 4 is 23.2 Å². The Balaban J connectivity index is 1.40. The van der Waals surface area contributed by atoms with Crippen LogP contribution < -0.4 is 5.32 Å². The first-order valence-corrected chi connectivity index (χ1v) is 9.10. The minimum Gasteiger partial charge on any atom is -0.377 e. The highest BCUT2D eigenvalue weighted by molar-refractivity contribution is 6.31. The molecule has 1 aromatic carbocycles. The molecule has 5 nitrogen and oxygen atoms in total. The summed E-state index contributed by atoms with van der Waals surface area (Å²) in [6.07, 6.45) is 2.78. The zero-order valence-corrected chi connectivity index (χ0v) is 15.0. The summed E-state index contributed by atoms with van der Waals surface area (Å²) in [6, 6.07) is 5.56. The van der Waals surface area contributed by atoms with Gasteiger partial charge < -0.3 is 10.1 Å². The van der Waals surface area contributed by atoms with E-state index < -0.39 is 0 Å². The summed E-state index contributed by atoms with van der Waals surface area (Å²) in [5.74, 6) is 0.0318. The van der Waals surface area contributed by atoms with E-state index in [0.29, 0.717) is 12.6 Å². The second-order valence-electron chi connectivity index (χ2n) is 6.72. The van der Waals surface area contributed by atoms with Gasteiger partial charge >= 0.3 is 0 Å². The number of carbonyl (C=O) groups excluding carboxylic acids is 1. The normalized spacial score (nSPS) is 22.7. The van der Waals surface area contributed by atoms with Crippen molar-refractivity contribution in [1.82, 2.24) is 9.80 Å². The van der Waals surface area contributed by atoms with Crippen LogP contribution in [0.15, 0.2) is 18.2 Å². The number of halogens is 1. The second kappa shape index (κ2) is 8.30. The highest BCUT2D eigenvalue weighted by Gasteiger charge is 2.23. The van der Waals surface area contributed by atoms with Gasteiger partial charge in [-0.3, -0.25) is 14.6 Å². The number of carbonyl (C=O) groups is 1. The molecule has 2 aliphatic heterocycles. The predicted molar refractivity (Wildman–Crippen MR) is 96.7 cm³/mol. The number of nitrogens with one attached hydrogen (secondary N) is 1. The molecule has 2 saturated heterocycles. The average molecular weight is 352 g/mol. The quantitative estimate of drug-likeness (QED) is 0.884. The van der Waals surface area contributed by atoms with Crippen LogP contribution in [0, 0.1) is 6.92 Å². The Labute approximate surface area is 148 Å². The van der Waals surface area contributed by atoms with Gasteiger partial charge in [0, 0.05) is 50.0 Å². The molecule has 1 atom stereocenters. The fourth-order valence-electron chi connectivity index (χ4n) is 3.33. The molecule has 2 heterocycles. The third-order valence-corrected chi connectivity index (χ3v) is 5.18. The zero-order chi connectivity index (χ0) is 16.9. The lowest BCUT2D eigenvalue weighted by Crippen LogP contribution is -2.50. The Bertz CT molecular complexity index is 567. The SMILES string of the molecule is Cc1cc(NC(=O)CN2CCN(C[C@H]3CCCO3)CC2)ccc1Cl. The Hall–Kier alpha value is -1.14. The summed E-state index contributed by atoms with van der Waals surface area (Å²) >= 11 is 6.01. The van der Waals surface area contributed by atoms with Crippen LogP contribution >= 0.6 is 11.6 Å². The number of hydrogen-bond donors (Lipinski definition) is 1. The fourth-order valence-corrected chi connectivity index (χ4v) is 3.45. The van der Waals surface area contributed by atoms with E-state index in [2.05, 4.69) is 15.1 Å². The maximum absolute atomic E-state index is 12.2. The summed E-state index contributed by atoms with van der Waals surface area (Å²) in [6.45, 7) is 8.19. The molecule has 1 aromatic rings. The lowest BCUT2D eigenvalue weighted by Gasteiger charge is -2.35. The van der Waals surface area contributed by atoms with Crippen molar-refractivity contribution < 1.29 is 9.53 Å². The van der Waals surface area contributed by atoms with E-state index in [1.165, 1.54) is 12.8 Å². The van der Waals surface area contributed by atoms with Gasteiger partial charge in [-0.2, -0.15) is 0 Å². The van der Waals surface area contributed by atoms with Gasteiger partial charge in [0.1, 0.15) is 0 Å². The van der Waals surface area contributed by atoms with Crippen molar-refractivity contribution in [2.75, 3.05) is 51.2 Å². The van der Waals surface area contributed by atoms with Gasteiger partial charge in [0.25, 0.3) is 0 Å². The van der Waals surface area contributed by atoms with Crippen molar-refractivity contribution in [3.05, 3.63) is 28.8 Å². The number of ether oxygens (including phenoxy) is 1. The minimum absolute atomic E-state index is 0.0318. The van der Waals surface area contributed by atoms with E-state index in [1.54, 1.807) is 0 Å². The van der Waals surface area contributed by atoms with E-state index in [9.17, 15) is 4.79 Å². The van der Waals surface area contributed by atoms with Crippen LogP contribution in [0.5, 0.6) is 0 Å². The first-order chi connectivity index (χ1) is 11.6.